The highest BCUT2D eigenvalue weighted by Crippen LogP contribution is 2.41. The quantitative estimate of drug-likeness (QED) is 0.550. The van der Waals surface area contributed by atoms with Crippen LogP contribution < -0.4 is 10.6 Å². The minimum Gasteiger partial charge on any atom is -0.387 e. The van der Waals surface area contributed by atoms with Crippen LogP contribution >= 0.6 is 23.2 Å². The Morgan fingerprint density at radius 1 is 1.10 bits per heavy atom. The Labute approximate surface area is 177 Å². The Morgan fingerprint density at radius 2 is 1.69 bits per heavy atom. The van der Waals surface area contributed by atoms with Gasteiger partial charge < -0.3 is 15.7 Å². The van der Waals surface area contributed by atoms with Gasteiger partial charge in [-0.2, -0.15) is 13.2 Å². The lowest BCUT2D eigenvalue weighted by atomic mass is 10.0. The van der Waals surface area contributed by atoms with E-state index < -0.39 is 29.4 Å². The molecular formula is C20H21Cl2F3N2O2. The van der Waals surface area contributed by atoms with E-state index in [9.17, 15) is 23.1 Å². The van der Waals surface area contributed by atoms with E-state index >= 15 is 0 Å². The predicted octanol–water partition coefficient (Wildman–Crippen LogP) is 5.69. The number of carbonyl (C=O) groups excluding carboxylic acids is 1. The number of anilines is 1. The number of carbonyl (C=O) groups is 1. The first-order valence-corrected chi connectivity index (χ1v) is 9.44. The maximum atomic E-state index is 13.6. The molecule has 4 nitrogen and oxygen atoms in total. The summed E-state index contributed by atoms with van der Waals surface area (Å²) in [7, 11) is 0. The van der Waals surface area contributed by atoms with Gasteiger partial charge in [-0.05, 0) is 62.7 Å². The zero-order valence-electron chi connectivity index (χ0n) is 16.0. The molecule has 0 aliphatic heterocycles. The minimum atomic E-state index is -4.79. The summed E-state index contributed by atoms with van der Waals surface area (Å²) in [4.78, 5) is 12.3. The van der Waals surface area contributed by atoms with E-state index in [1.807, 2.05) is 20.8 Å². The zero-order valence-corrected chi connectivity index (χ0v) is 17.5. The summed E-state index contributed by atoms with van der Waals surface area (Å²) in [6.07, 6.45) is -6.01. The highest BCUT2D eigenvalue weighted by Gasteiger charge is 2.36. The van der Waals surface area contributed by atoms with Gasteiger partial charge in [0.15, 0.2) is 0 Å². The lowest BCUT2D eigenvalue weighted by Crippen LogP contribution is -2.38. The lowest BCUT2D eigenvalue weighted by molar-refractivity contribution is -0.137. The van der Waals surface area contributed by atoms with E-state index in [0.717, 1.165) is 6.07 Å². The van der Waals surface area contributed by atoms with Crippen molar-refractivity contribution in [1.29, 1.82) is 0 Å². The van der Waals surface area contributed by atoms with Crippen molar-refractivity contribution in [2.24, 2.45) is 0 Å². The maximum Gasteiger partial charge on any atom is 0.418 e. The molecular weight excluding hydrogens is 428 g/mol. The summed E-state index contributed by atoms with van der Waals surface area (Å²) in [5.74, 6) is -0.767. The fraction of sp³-hybridized carbons (Fsp3) is 0.350. The fourth-order valence-corrected chi connectivity index (χ4v) is 2.88. The van der Waals surface area contributed by atoms with Crippen LogP contribution in [0.3, 0.4) is 0 Å². The number of amides is 1. The molecule has 0 bridgehead atoms. The van der Waals surface area contributed by atoms with E-state index in [1.54, 1.807) is 0 Å². The SMILES string of the molecule is CC(C)(C)NCC(O)c1cc(Cl)c(NC(=O)c2ccc(Cl)cc2)c(C(F)(F)F)c1. The third kappa shape index (κ3) is 6.60. The van der Waals surface area contributed by atoms with Gasteiger partial charge in [0.05, 0.1) is 22.4 Å². The van der Waals surface area contributed by atoms with Gasteiger partial charge in [-0.15, -0.1) is 0 Å². The van der Waals surface area contributed by atoms with Gasteiger partial charge in [-0.1, -0.05) is 23.2 Å². The second-order valence-corrected chi connectivity index (χ2v) is 8.37. The van der Waals surface area contributed by atoms with Crippen LogP contribution in [0.2, 0.25) is 10.0 Å². The number of nitrogens with one attached hydrogen (secondary N) is 2. The number of hydrogen-bond acceptors (Lipinski definition) is 3. The van der Waals surface area contributed by atoms with Crippen molar-refractivity contribution < 1.29 is 23.1 Å². The van der Waals surface area contributed by atoms with Crippen LogP contribution in [0, 0.1) is 0 Å². The number of benzene rings is 2. The molecule has 2 rings (SSSR count). The van der Waals surface area contributed by atoms with Gasteiger partial charge >= 0.3 is 6.18 Å². The summed E-state index contributed by atoms with van der Waals surface area (Å²) in [5.41, 5.74) is -1.93. The Kier molecular flexibility index (Phi) is 7.22. The Bertz CT molecular complexity index is 879. The number of β-amino-alcohol motifs (C(OH)–C–C–N with tert-alkyl or cyclic N) is 1. The smallest absolute Gasteiger partial charge is 0.387 e. The number of halogens is 5. The monoisotopic (exact) mass is 448 g/mol. The Balaban J connectivity index is 2.37. The molecule has 0 fully saturated rings. The number of alkyl halides is 3. The van der Waals surface area contributed by atoms with E-state index in [2.05, 4.69) is 10.6 Å². The predicted molar refractivity (Wildman–Crippen MR) is 109 cm³/mol. The Morgan fingerprint density at radius 3 is 2.21 bits per heavy atom. The van der Waals surface area contributed by atoms with Gasteiger partial charge in [0.25, 0.3) is 5.91 Å². The van der Waals surface area contributed by atoms with Crippen molar-refractivity contribution in [3.8, 4) is 0 Å². The molecule has 0 saturated carbocycles. The molecule has 0 spiro atoms. The van der Waals surface area contributed by atoms with Crippen LogP contribution in [0.25, 0.3) is 0 Å². The normalized spacial score (nSPS) is 13.3. The molecule has 0 heterocycles. The average Bonchev–Trinajstić information content (AvgIpc) is 2.60. The molecule has 0 aromatic heterocycles. The van der Waals surface area contributed by atoms with E-state index in [0.29, 0.717) is 5.02 Å². The van der Waals surface area contributed by atoms with Gasteiger partial charge in [-0.25, -0.2) is 0 Å². The number of aliphatic hydroxyl groups is 1. The highest BCUT2D eigenvalue weighted by molar-refractivity contribution is 6.34. The van der Waals surface area contributed by atoms with Crippen LogP contribution in [-0.4, -0.2) is 23.1 Å². The van der Waals surface area contributed by atoms with Crippen molar-refractivity contribution >= 4 is 34.8 Å². The van der Waals surface area contributed by atoms with E-state index in [1.165, 1.54) is 30.3 Å². The molecule has 1 amide bonds. The number of hydrogen-bond donors (Lipinski definition) is 3. The summed E-state index contributed by atoms with van der Waals surface area (Å²) >= 11 is 11.8. The van der Waals surface area contributed by atoms with Gasteiger partial charge in [0.1, 0.15) is 0 Å². The first-order chi connectivity index (χ1) is 13.3. The van der Waals surface area contributed by atoms with Crippen molar-refractivity contribution in [2.75, 3.05) is 11.9 Å². The third-order valence-corrected chi connectivity index (χ3v) is 4.52. The van der Waals surface area contributed by atoms with Crippen LogP contribution in [-0.2, 0) is 6.18 Å². The van der Waals surface area contributed by atoms with Crippen LogP contribution in [0.1, 0.15) is 48.4 Å². The van der Waals surface area contributed by atoms with E-state index in [-0.39, 0.29) is 28.2 Å². The van der Waals surface area contributed by atoms with Crippen LogP contribution in [0.4, 0.5) is 18.9 Å². The second kappa shape index (κ2) is 8.92. The first kappa shape index (κ1) is 23.5. The molecule has 0 aliphatic carbocycles. The summed E-state index contributed by atoms with van der Waals surface area (Å²) in [5, 5.41) is 15.6. The topological polar surface area (TPSA) is 61.4 Å². The standard InChI is InChI=1S/C20H21Cl2F3N2O2/c1-19(2,3)26-10-16(28)12-8-14(20(23,24)25)17(15(22)9-12)27-18(29)11-4-6-13(21)7-5-11/h4-9,16,26,28H,10H2,1-3H3,(H,27,29). The molecule has 29 heavy (non-hydrogen) atoms. The molecule has 3 N–H and O–H groups in total. The van der Waals surface area contributed by atoms with Crippen molar-refractivity contribution in [3.63, 3.8) is 0 Å². The fourth-order valence-electron chi connectivity index (χ4n) is 2.48. The van der Waals surface area contributed by atoms with Crippen molar-refractivity contribution in [2.45, 2.75) is 38.6 Å². The molecule has 0 radical (unpaired) electrons. The highest BCUT2D eigenvalue weighted by atomic mass is 35.5. The number of rotatable bonds is 5. The Hall–Kier alpha value is -1.80. The molecule has 0 saturated heterocycles. The molecule has 2 aromatic rings. The molecule has 1 unspecified atom stereocenters. The summed E-state index contributed by atoms with van der Waals surface area (Å²) < 4.78 is 40.9. The summed E-state index contributed by atoms with van der Waals surface area (Å²) in [6, 6.07) is 7.67. The van der Waals surface area contributed by atoms with Crippen LogP contribution in [0.15, 0.2) is 36.4 Å². The molecule has 158 valence electrons. The summed E-state index contributed by atoms with van der Waals surface area (Å²) in [6.45, 7) is 5.63. The van der Waals surface area contributed by atoms with Crippen molar-refractivity contribution in [1.82, 2.24) is 5.32 Å². The molecule has 2 aromatic carbocycles. The first-order valence-electron chi connectivity index (χ1n) is 8.68. The minimum absolute atomic E-state index is 0.0106. The van der Waals surface area contributed by atoms with Crippen molar-refractivity contribution in [3.05, 3.63) is 63.1 Å². The van der Waals surface area contributed by atoms with Crippen LogP contribution in [0.5, 0.6) is 0 Å². The molecule has 1 atom stereocenters. The second-order valence-electron chi connectivity index (χ2n) is 7.53. The largest absolute Gasteiger partial charge is 0.418 e. The third-order valence-electron chi connectivity index (χ3n) is 3.97. The zero-order chi connectivity index (χ0) is 22.0. The maximum absolute atomic E-state index is 13.6. The average molecular weight is 449 g/mol. The molecule has 9 heteroatoms. The van der Waals surface area contributed by atoms with E-state index in [4.69, 9.17) is 23.2 Å². The van der Waals surface area contributed by atoms with Gasteiger partial charge in [-0.3, -0.25) is 4.79 Å². The van der Waals surface area contributed by atoms with Gasteiger partial charge in [0, 0.05) is 22.7 Å². The number of aliphatic hydroxyl groups excluding tert-OH is 1. The molecule has 0 aliphatic rings. The lowest BCUT2D eigenvalue weighted by Gasteiger charge is -2.24. The van der Waals surface area contributed by atoms with Gasteiger partial charge in [0.2, 0.25) is 0 Å².